The number of carbonyl (C=O) groups is 2. The predicted molar refractivity (Wildman–Crippen MR) is 74.2 cm³/mol. The van der Waals surface area contributed by atoms with Crippen molar-refractivity contribution in [1.29, 1.82) is 0 Å². The predicted octanol–water partition coefficient (Wildman–Crippen LogP) is 2.44. The lowest BCUT2D eigenvalue weighted by Crippen LogP contribution is -2.25. The highest BCUT2D eigenvalue weighted by Gasteiger charge is 2.54. The summed E-state index contributed by atoms with van der Waals surface area (Å²) in [6, 6.07) is 6.72. The number of carboxylic acids is 1. The molecule has 0 bridgehead atoms. The van der Waals surface area contributed by atoms with Gasteiger partial charge in [-0.1, -0.05) is 25.0 Å². The number of aromatic carboxylic acids is 1. The number of fused-ring (bicyclic) bond motifs is 1. The third kappa shape index (κ3) is 2.55. The van der Waals surface area contributed by atoms with E-state index in [1.807, 2.05) is 6.07 Å². The summed E-state index contributed by atoms with van der Waals surface area (Å²) in [5, 5.41) is 11.9. The van der Waals surface area contributed by atoms with E-state index in [0.29, 0.717) is 18.4 Å². The van der Waals surface area contributed by atoms with Crippen LogP contribution in [-0.4, -0.2) is 17.0 Å². The van der Waals surface area contributed by atoms with Crippen LogP contribution in [0.3, 0.4) is 0 Å². The van der Waals surface area contributed by atoms with Crippen LogP contribution in [0.25, 0.3) is 0 Å². The molecule has 0 spiro atoms. The van der Waals surface area contributed by atoms with Crippen molar-refractivity contribution >= 4 is 11.9 Å². The number of nitrogens with one attached hydrogen (secondary N) is 1. The van der Waals surface area contributed by atoms with Crippen LogP contribution >= 0.6 is 0 Å². The van der Waals surface area contributed by atoms with E-state index in [4.69, 9.17) is 5.11 Å². The summed E-state index contributed by atoms with van der Waals surface area (Å²) in [6.07, 6.45) is 4.89. The zero-order chi connectivity index (χ0) is 14.1. The van der Waals surface area contributed by atoms with E-state index in [2.05, 4.69) is 5.32 Å². The Kier molecular flexibility index (Phi) is 3.47. The first-order valence-electron chi connectivity index (χ1n) is 7.27. The summed E-state index contributed by atoms with van der Waals surface area (Å²) in [5.74, 6) is 0.623. The lowest BCUT2D eigenvalue weighted by molar-refractivity contribution is -0.123. The first-order chi connectivity index (χ1) is 9.66. The minimum atomic E-state index is -0.939. The van der Waals surface area contributed by atoms with Gasteiger partial charge in [-0.25, -0.2) is 4.79 Å². The van der Waals surface area contributed by atoms with Crippen molar-refractivity contribution < 1.29 is 14.7 Å². The molecule has 3 rings (SSSR count). The molecule has 0 heterocycles. The number of amides is 1. The molecule has 1 amide bonds. The van der Waals surface area contributed by atoms with Gasteiger partial charge in [-0.2, -0.15) is 0 Å². The van der Waals surface area contributed by atoms with E-state index in [0.717, 1.165) is 5.56 Å². The van der Waals surface area contributed by atoms with E-state index in [-0.39, 0.29) is 17.4 Å². The highest BCUT2D eigenvalue weighted by atomic mass is 16.4. The lowest BCUT2D eigenvalue weighted by atomic mass is 10.0. The van der Waals surface area contributed by atoms with Gasteiger partial charge in [0.05, 0.1) is 5.56 Å². The third-order valence-corrected chi connectivity index (χ3v) is 4.60. The van der Waals surface area contributed by atoms with Crippen molar-refractivity contribution in [2.24, 2.45) is 17.8 Å². The highest BCUT2D eigenvalue weighted by molar-refractivity contribution is 5.87. The van der Waals surface area contributed by atoms with Crippen LogP contribution < -0.4 is 5.32 Å². The van der Waals surface area contributed by atoms with Gasteiger partial charge in [0.2, 0.25) is 5.91 Å². The van der Waals surface area contributed by atoms with Crippen molar-refractivity contribution in [2.45, 2.75) is 32.2 Å². The second-order valence-electron chi connectivity index (χ2n) is 5.86. The fraction of sp³-hybridized carbons (Fsp3) is 0.500. The van der Waals surface area contributed by atoms with Crippen molar-refractivity contribution in [3.8, 4) is 0 Å². The molecule has 0 radical (unpaired) electrons. The van der Waals surface area contributed by atoms with Gasteiger partial charge >= 0.3 is 5.97 Å². The molecule has 4 nitrogen and oxygen atoms in total. The Labute approximate surface area is 118 Å². The van der Waals surface area contributed by atoms with E-state index < -0.39 is 5.97 Å². The molecular weight excluding hydrogens is 254 g/mol. The smallest absolute Gasteiger partial charge is 0.335 e. The summed E-state index contributed by atoms with van der Waals surface area (Å²) in [4.78, 5) is 23.0. The Balaban J connectivity index is 1.56. The van der Waals surface area contributed by atoms with Gasteiger partial charge in [0.25, 0.3) is 0 Å². The largest absolute Gasteiger partial charge is 0.478 e. The van der Waals surface area contributed by atoms with E-state index in [9.17, 15) is 9.59 Å². The molecule has 4 heteroatoms. The van der Waals surface area contributed by atoms with E-state index in [1.165, 1.54) is 25.7 Å². The zero-order valence-corrected chi connectivity index (χ0v) is 11.3. The monoisotopic (exact) mass is 273 g/mol. The normalized spacial score (nSPS) is 27.5. The maximum absolute atomic E-state index is 12.1. The van der Waals surface area contributed by atoms with Crippen LogP contribution in [0.4, 0.5) is 0 Å². The second-order valence-corrected chi connectivity index (χ2v) is 5.86. The summed E-state index contributed by atoms with van der Waals surface area (Å²) < 4.78 is 0. The Morgan fingerprint density at radius 3 is 2.55 bits per heavy atom. The lowest BCUT2D eigenvalue weighted by Gasteiger charge is -2.06. The molecule has 0 saturated heterocycles. The Bertz CT molecular complexity index is 528. The Hall–Kier alpha value is -1.84. The third-order valence-electron chi connectivity index (χ3n) is 4.60. The second kappa shape index (κ2) is 5.27. The number of hydrogen-bond donors (Lipinski definition) is 2. The molecule has 2 aliphatic rings. The fourth-order valence-electron chi connectivity index (χ4n) is 3.50. The average Bonchev–Trinajstić information content (AvgIpc) is 3.19. The molecule has 2 atom stereocenters. The number of hydrogen-bond acceptors (Lipinski definition) is 2. The van der Waals surface area contributed by atoms with Gasteiger partial charge in [-0.3, -0.25) is 4.79 Å². The molecule has 1 aromatic rings. The minimum Gasteiger partial charge on any atom is -0.478 e. The van der Waals surface area contributed by atoms with Crippen molar-refractivity contribution in [2.75, 3.05) is 0 Å². The Morgan fingerprint density at radius 1 is 1.20 bits per heavy atom. The van der Waals surface area contributed by atoms with Gasteiger partial charge in [0.15, 0.2) is 0 Å². The van der Waals surface area contributed by atoms with Crippen molar-refractivity contribution in [1.82, 2.24) is 5.32 Å². The molecule has 20 heavy (non-hydrogen) atoms. The molecule has 2 aliphatic carbocycles. The van der Waals surface area contributed by atoms with Crippen LogP contribution in [0.2, 0.25) is 0 Å². The van der Waals surface area contributed by atoms with Gasteiger partial charge in [0.1, 0.15) is 0 Å². The molecule has 2 saturated carbocycles. The van der Waals surface area contributed by atoms with E-state index in [1.54, 1.807) is 18.2 Å². The first kappa shape index (κ1) is 13.2. The molecule has 0 aliphatic heterocycles. The van der Waals surface area contributed by atoms with Gasteiger partial charge in [0, 0.05) is 12.5 Å². The zero-order valence-electron chi connectivity index (χ0n) is 11.3. The maximum Gasteiger partial charge on any atom is 0.335 e. The van der Waals surface area contributed by atoms with Crippen molar-refractivity contribution in [3.05, 3.63) is 35.4 Å². The van der Waals surface area contributed by atoms with Gasteiger partial charge in [-0.05, 0) is 42.4 Å². The summed E-state index contributed by atoms with van der Waals surface area (Å²) in [5.41, 5.74) is 1.10. The summed E-state index contributed by atoms with van der Waals surface area (Å²) >= 11 is 0. The van der Waals surface area contributed by atoms with Crippen LogP contribution in [0.5, 0.6) is 0 Å². The standard InChI is InChI=1S/C16H19NO3/c18-15(14-12-6-1-2-7-13(12)14)17-9-10-4-3-5-11(8-10)16(19)20/h3-5,8,12-14H,1-2,6-7,9H2,(H,17,18)(H,19,20). The number of carbonyl (C=O) groups excluding carboxylic acids is 1. The van der Waals surface area contributed by atoms with Crippen LogP contribution in [0, 0.1) is 17.8 Å². The van der Waals surface area contributed by atoms with Crippen LogP contribution in [0.15, 0.2) is 24.3 Å². The van der Waals surface area contributed by atoms with Gasteiger partial charge in [-0.15, -0.1) is 0 Å². The number of carboxylic acid groups (broad SMARTS) is 1. The highest BCUT2D eigenvalue weighted by Crippen LogP contribution is 2.55. The van der Waals surface area contributed by atoms with Crippen LogP contribution in [0.1, 0.15) is 41.6 Å². The van der Waals surface area contributed by atoms with E-state index >= 15 is 0 Å². The Morgan fingerprint density at radius 2 is 1.90 bits per heavy atom. The van der Waals surface area contributed by atoms with Crippen molar-refractivity contribution in [3.63, 3.8) is 0 Å². The topological polar surface area (TPSA) is 66.4 Å². The quantitative estimate of drug-likeness (QED) is 0.885. The number of rotatable bonds is 4. The van der Waals surface area contributed by atoms with Crippen LogP contribution in [-0.2, 0) is 11.3 Å². The summed E-state index contributed by atoms with van der Waals surface area (Å²) in [6.45, 7) is 0.413. The average molecular weight is 273 g/mol. The SMILES string of the molecule is O=C(O)c1cccc(CNC(=O)C2C3CCCCC32)c1. The molecule has 106 valence electrons. The first-order valence-corrected chi connectivity index (χ1v) is 7.27. The van der Waals surface area contributed by atoms with Gasteiger partial charge < -0.3 is 10.4 Å². The molecule has 2 N–H and O–H groups in total. The molecule has 2 unspecified atom stereocenters. The molecule has 0 aromatic heterocycles. The minimum absolute atomic E-state index is 0.141. The molecule has 2 fully saturated rings. The maximum atomic E-state index is 12.1. The number of benzene rings is 1. The molecule has 1 aromatic carbocycles. The fourth-order valence-corrected chi connectivity index (χ4v) is 3.50. The molecular formula is C16H19NO3. The summed E-state index contributed by atoms with van der Waals surface area (Å²) in [7, 11) is 0.